The fourth-order valence-corrected chi connectivity index (χ4v) is 3.70. The summed E-state index contributed by atoms with van der Waals surface area (Å²) in [5.41, 5.74) is 1.12. The quantitative estimate of drug-likeness (QED) is 0.631. The Hall–Kier alpha value is -2.58. The number of likely N-dealkylation sites (N-methyl/N-ethyl adjacent to an activating group) is 1. The molecule has 2 aliphatic rings. The van der Waals surface area contributed by atoms with E-state index in [-0.39, 0.29) is 43.0 Å². The molecule has 3 rings (SSSR count). The number of nitrogens with one attached hydrogen (secondary N) is 1. The van der Waals surface area contributed by atoms with Crippen LogP contribution in [0.2, 0.25) is 0 Å². The van der Waals surface area contributed by atoms with Gasteiger partial charge in [0.15, 0.2) is 0 Å². The Kier molecular flexibility index (Phi) is 7.11. The van der Waals surface area contributed by atoms with Crippen molar-refractivity contribution in [1.29, 1.82) is 0 Å². The maximum absolute atomic E-state index is 12.6. The van der Waals surface area contributed by atoms with Gasteiger partial charge in [-0.1, -0.05) is 6.92 Å². The molecule has 1 aromatic carbocycles. The number of rotatable bonds is 8. The van der Waals surface area contributed by atoms with Crippen LogP contribution in [0.25, 0.3) is 0 Å². The molecule has 1 aromatic rings. The minimum atomic E-state index is -0.556. The molecule has 8 nitrogen and oxygen atoms in total. The van der Waals surface area contributed by atoms with E-state index in [1.165, 1.54) is 12.0 Å². The minimum Gasteiger partial charge on any atom is -0.489 e. The van der Waals surface area contributed by atoms with Gasteiger partial charge in [0.2, 0.25) is 0 Å². The summed E-state index contributed by atoms with van der Waals surface area (Å²) in [5.74, 6) is -0.110. The van der Waals surface area contributed by atoms with Gasteiger partial charge in [0.1, 0.15) is 17.6 Å². The number of carbonyl (C=O) groups is 2. The smallest absolute Gasteiger partial charge is 0.337 e. The second-order valence-corrected chi connectivity index (χ2v) is 7.22. The van der Waals surface area contributed by atoms with Gasteiger partial charge in [-0.05, 0) is 50.2 Å². The standard InChI is InChI=1S/C21H29N3O5/c1-3-23-10-4-5-17(13-23)29-16-8-6-15(7-9-16)22-19-18(21(27)28-2)14-24(11-12-25)20(19)26/h6-9,17,22,25H,3-5,10-14H2,1-2H3. The van der Waals surface area contributed by atoms with Crippen molar-refractivity contribution in [2.45, 2.75) is 25.9 Å². The number of likely N-dealkylation sites (tertiary alicyclic amines) is 1. The number of β-amino-alcohol motifs (C(OH)–C–C–N with tert-alkyl or cyclic N) is 1. The lowest BCUT2D eigenvalue weighted by molar-refractivity contribution is -0.136. The third-order valence-electron chi connectivity index (χ3n) is 5.29. The van der Waals surface area contributed by atoms with E-state index in [1.54, 1.807) is 0 Å². The monoisotopic (exact) mass is 403 g/mol. The Morgan fingerprint density at radius 3 is 2.72 bits per heavy atom. The molecule has 0 bridgehead atoms. The number of methoxy groups -OCH3 is 1. The lowest BCUT2D eigenvalue weighted by Gasteiger charge is -2.32. The first-order chi connectivity index (χ1) is 14.0. The van der Waals surface area contributed by atoms with Crippen LogP contribution in [0, 0.1) is 0 Å². The Morgan fingerprint density at radius 1 is 1.31 bits per heavy atom. The molecular weight excluding hydrogens is 374 g/mol. The summed E-state index contributed by atoms with van der Waals surface area (Å²) in [6, 6.07) is 7.35. The molecule has 1 unspecified atom stereocenters. The van der Waals surface area contributed by atoms with Crippen molar-refractivity contribution in [2.75, 3.05) is 51.8 Å². The summed E-state index contributed by atoms with van der Waals surface area (Å²) in [6.07, 6.45) is 2.36. The van der Waals surface area contributed by atoms with Crippen molar-refractivity contribution < 1.29 is 24.2 Å². The zero-order valence-corrected chi connectivity index (χ0v) is 17.0. The molecule has 8 heteroatoms. The number of aliphatic hydroxyl groups is 1. The topological polar surface area (TPSA) is 91.3 Å². The van der Waals surface area contributed by atoms with E-state index < -0.39 is 5.97 Å². The molecular formula is C21H29N3O5. The number of benzene rings is 1. The van der Waals surface area contributed by atoms with E-state index in [9.17, 15) is 9.59 Å². The Labute approximate surface area is 171 Å². The van der Waals surface area contributed by atoms with E-state index >= 15 is 0 Å². The second kappa shape index (κ2) is 9.76. The van der Waals surface area contributed by atoms with Crippen LogP contribution in [0.15, 0.2) is 35.5 Å². The number of aliphatic hydroxyl groups excluding tert-OH is 1. The SMILES string of the molecule is CCN1CCCC(Oc2ccc(NC3=C(C(=O)OC)CN(CCO)C3=O)cc2)C1. The van der Waals surface area contributed by atoms with Crippen LogP contribution in [0.1, 0.15) is 19.8 Å². The van der Waals surface area contributed by atoms with Crippen molar-refractivity contribution in [3.05, 3.63) is 35.5 Å². The predicted octanol–water partition coefficient (Wildman–Crippen LogP) is 1.22. The van der Waals surface area contributed by atoms with E-state index in [2.05, 4.69) is 17.1 Å². The average Bonchev–Trinajstić information content (AvgIpc) is 3.05. The Morgan fingerprint density at radius 2 is 2.07 bits per heavy atom. The van der Waals surface area contributed by atoms with Crippen LogP contribution >= 0.6 is 0 Å². The molecule has 158 valence electrons. The maximum atomic E-state index is 12.6. The van der Waals surface area contributed by atoms with Crippen molar-refractivity contribution in [1.82, 2.24) is 9.80 Å². The lowest BCUT2D eigenvalue weighted by atomic mass is 10.1. The van der Waals surface area contributed by atoms with E-state index in [4.69, 9.17) is 14.6 Å². The lowest BCUT2D eigenvalue weighted by Crippen LogP contribution is -2.40. The van der Waals surface area contributed by atoms with Gasteiger partial charge in [0, 0.05) is 18.8 Å². The highest BCUT2D eigenvalue weighted by Crippen LogP contribution is 2.25. The second-order valence-electron chi connectivity index (χ2n) is 7.22. The van der Waals surface area contributed by atoms with Crippen molar-refractivity contribution in [3.8, 4) is 5.75 Å². The number of amides is 1. The van der Waals surface area contributed by atoms with Gasteiger partial charge < -0.3 is 24.8 Å². The highest BCUT2D eigenvalue weighted by Gasteiger charge is 2.34. The first-order valence-electron chi connectivity index (χ1n) is 10.0. The largest absolute Gasteiger partial charge is 0.489 e. The van der Waals surface area contributed by atoms with E-state index in [0.29, 0.717) is 5.69 Å². The van der Waals surface area contributed by atoms with E-state index in [0.717, 1.165) is 38.2 Å². The zero-order chi connectivity index (χ0) is 20.8. The third-order valence-corrected chi connectivity index (χ3v) is 5.29. The molecule has 1 atom stereocenters. The van der Waals surface area contributed by atoms with Crippen LogP contribution in [0.4, 0.5) is 5.69 Å². The van der Waals surface area contributed by atoms with Gasteiger partial charge in [-0.25, -0.2) is 4.79 Å². The summed E-state index contributed by atoms with van der Waals surface area (Å²) in [7, 11) is 1.28. The first-order valence-corrected chi connectivity index (χ1v) is 10.0. The molecule has 29 heavy (non-hydrogen) atoms. The summed E-state index contributed by atoms with van der Waals surface area (Å²) in [6.45, 7) is 5.35. The average molecular weight is 403 g/mol. The number of carbonyl (C=O) groups excluding carboxylic acids is 2. The molecule has 2 aliphatic heterocycles. The third kappa shape index (κ3) is 5.07. The fraction of sp³-hybridized carbons (Fsp3) is 0.524. The molecule has 2 N–H and O–H groups in total. The number of ether oxygens (including phenoxy) is 2. The highest BCUT2D eigenvalue weighted by molar-refractivity contribution is 6.08. The Bertz CT molecular complexity index is 762. The van der Waals surface area contributed by atoms with Gasteiger partial charge in [-0.2, -0.15) is 0 Å². The first kappa shape index (κ1) is 21.1. The molecule has 0 radical (unpaired) electrons. The summed E-state index contributed by atoms with van der Waals surface area (Å²) in [5, 5.41) is 12.2. The van der Waals surface area contributed by atoms with Crippen molar-refractivity contribution >= 4 is 17.6 Å². The molecule has 1 fully saturated rings. The van der Waals surface area contributed by atoms with Crippen molar-refractivity contribution in [2.24, 2.45) is 0 Å². The van der Waals surface area contributed by atoms with Gasteiger partial charge in [0.05, 0.1) is 25.8 Å². The predicted molar refractivity (Wildman–Crippen MR) is 109 cm³/mol. The van der Waals surface area contributed by atoms with Crippen molar-refractivity contribution in [3.63, 3.8) is 0 Å². The normalized spacial score (nSPS) is 20.2. The number of nitrogens with zero attached hydrogens (tertiary/aromatic N) is 2. The number of piperidine rings is 1. The highest BCUT2D eigenvalue weighted by atomic mass is 16.5. The maximum Gasteiger partial charge on any atom is 0.337 e. The summed E-state index contributed by atoms with van der Waals surface area (Å²) in [4.78, 5) is 28.4. The fourth-order valence-electron chi connectivity index (χ4n) is 3.70. The molecule has 0 spiro atoms. The number of hydrogen-bond donors (Lipinski definition) is 2. The van der Waals surface area contributed by atoms with Crippen LogP contribution in [-0.4, -0.2) is 79.3 Å². The molecule has 1 amide bonds. The van der Waals surface area contributed by atoms with E-state index in [1.807, 2.05) is 24.3 Å². The van der Waals surface area contributed by atoms with Gasteiger partial charge >= 0.3 is 5.97 Å². The molecule has 0 aliphatic carbocycles. The number of anilines is 1. The van der Waals surface area contributed by atoms with Gasteiger partial charge in [-0.3, -0.25) is 9.69 Å². The zero-order valence-electron chi connectivity index (χ0n) is 17.0. The van der Waals surface area contributed by atoms with Crippen LogP contribution in [0.3, 0.4) is 0 Å². The van der Waals surface area contributed by atoms with Gasteiger partial charge in [0.25, 0.3) is 5.91 Å². The number of hydrogen-bond acceptors (Lipinski definition) is 7. The summed E-state index contributed by atoms with van der Waals surface area (Å²) >= 11 is 0. The summed E-state index contributed by atoms with van der Waals surface area (Å²) < 4.78 is 10.9. The Balaban J connectivity index is 1.67. The molecule has 2 heterocycles. The molecule has 0 aromatic heterocycles. The molecule has 1 saturated heterocycles. The molecule has 0 saturated carbocycles. The van der Waals surface area contributed by atoms with Crippen LogP contribution in [0.5, 0.6) is 5.75 Å². The van der Waals surface area contributed by atoms with Crippen LogP contribution in [-0.2, 0) is 14.3 Å². The number of esters is 1. The minimum absolute atomic E-state index is 0.116. The van der Waals surface area contributed by atoms with Gasteiger partial charge in [-0.15, -0.1) is 0 Å². The van der Waals surface area contributed by atoms with Crippen LogP contribution < -0.4 is 10.1 Å².